The molecule has 1 aromatic carbocycles. The molecule has 1 unspecified atom stereocenters. The van der Waals surface area contributed by atoms with Crippen LogP contribution in [-0.2, 0) is 21.2 Å². The van der Waals surface area contributed by atoms with E-state index in [0.29, 0.717) is 12.0 Å². The minimum absolute atomic E-state index is 0.0603. The SMILES string of the molecule is O=C(NCc1ccccc1F)C1CCS(=O)(=O)C1. The van der Waals surface area contributed by atoms with E-state index in [2.05, 4.69) is 5.32 Å². The lowest BCUT2D eigenvalue weighted by molar-refractivity contribution is -0.124. The third-order valence-corrected chi connectivity index (χ3v) is 4.78. The molecule has 0 spiro atoms. The molecular formula is C12H14FNO3S. The highest BCUT2D eigenvalue weighted by atomic mass is 32.2. The number of carbonyl (C=O) groups excluding carboxylic acids is 1. The quantitative estimate of drug-likeness (QED) is 0.887. The Hall–Kier alpha value is -1.43. The number of hydrogen-bond acceptors (Lipinski definition) is 3. The van der Waals surface area contributed by atoms with Crippen LogP contribution in [0.1, 0.15) is 12.0 Å². The second kappa shape index (κ2) is 5.06. The van der Waals surface area contributed by atoms with Crippen LogP contribution >= 0.6 is 0 Å². The molecule has 18 heavy (non-hydrogen) atoms. The largest absolute Gasteiger partial charge is 0.352 e. The van der Waals surface area contributed by atoms with Gasteiger partial charge in [0, 0.05) is 12.1 Å². The molecule has 1 fully saturated rings. The van der Waals surface area contributed by atoms with Gasteiger partial charge in [0.2, 0.25) is 5.91 Å². The molecule has 0 bridgehead atoms. The zero-order valence-electron chi connectivity index (χ0n) is 9.73. The van der Waals surface area contributed by atoms with Crippen molar-refractivity contribution in [2.24, 2.45) is 5.92 Å². The first kappa shape index (κ1) is 13.0. The van der Waals surface area contributed by atoms with Crippen molar-refractivity contribution >= 4 is 15.7 Å². The van der Waals surface area contributed by atoms with E-state index in [4.69, 9.17) is 0 Å². The number of halogens is 1. The maximum absolute atomic E-state index is 13.3. The molecule has 1 atom stereocenters. The number of amides is 1. The molecule has 1 aromatic rings. The van der Waals surface area contributed by atoms with E-state index in [0.717, 1.165) is 0 Å². The van der Waals surface area contributed by atoms with Gasteiger partial charge in [0.05, 0.1) is 17.4 Å². The van der Waals surface area contributed by atoms with Crippen molar-refractivity contribution in [3.63, 3.8) is 0 Å². The molecule has 1 aliphatic rings. The molecule has 1 heterocycles. The van der Waals surface area contributed by atoms with E-state index >= 15 is 0 Å². The minimum atomic E-state index is -3.07. The summed E-state index contributed by atoms with van der Waals surface area (Å²) in [6.07, 6.45) is 0.353. The van der Waals surface area contributed by atoms with E-state index in [9.17, 15) is 17.6 Å². The predicted molar refractivity (Wildman–Crippen MR) is 65.0 cm³/mol. The minimum Gasteiger partial charge on any atom is -0.352 e. The Balaban J connectivity index is 1.92. The van der Waals surface area contributed by atoms with Crippen molar-refractivity contribution in [2.45, 2.75) is 13.0 Å². The van der Waals surface area contributed by atoms with Crippen LogP contribution in [0.5, 0.6) is 0 Å². The molecule has 6 heteroatoms. The van der Waals surface area contributed by atoms with Crippen LogP contribution in [0.4, 0.5) is 4.39 Å². The van der Waals surface area contributed by atoms with Crippen molar-refractivity contribution in [3.8, 4) is 0 Å². The van der Waals surface area contributed by atoms with Gasteiger partial charge in [-0.25, -0.2) is 12.8 Å². The van der Waals surface area contributed by atoms with E-state index in [1.54, 1.807) is 18.2 Å². The highest BCUT2D eigenvalue weighted by molar-refractivity contribution is 7.91. The molecule has 1 amide bonds. The van der Waals surface area contributed by atoms with Crippen molar-refractivity contribution < 1.29 is 17.6 Å². The lowest BCUT2D eigenvalue weighted by Crippen LogP contribution is -2.31. The summed E-state index contributed by atoms with van der Waals surface area (Å²) in [7, 11) is -3.07. The van der Waals surface area contributed by atoms with Crippen LogP contribution in [0, 0.1) is 11.7 Å². The normalized spacial score (nSPS) is 21.7. The highest BCUT2D eigenvalue weighted by Crippen LogP contribution is 2.18. The second-order valence-electron chi connectivity index (χ2n) is 4.41. The Kier molecular flexibility index (Phi) is 3.65. The van der Waals surface area contributed by atoms with Gasteiger partial charge in [-0.3, -0.25) is 4.79 Å². The summed E-state index contributed by atoms with van der Waals surface area (Å²) in [5, 5.41) is 2.58. The summed E-state index contributed by atoms with van der Waals surface area (Å²) < 4.78 is 35.8. The lowest BCUT2D eigenvalue weighted by Gasteiger charge is -2.09. The molecule has 0 saturated carbocycles. The Morgan fingerprint density at radius 1 is 1.39 bits per heavy atom. The molecule has 1 aliphatic heterocycles. The molecule has 2 rings (SSSR count). The maximum Gasteiger partial charge on any atom is 0.224 e. The van der Waals surface area contributed by atoms with Gasteiger partial charge in [-0.15, -0.1) is 0 Å². The molecule has 0 aliphatic carbocycles. The summed E-state index contributed by atoms with van der Waals surface area (Å²) >= 11 is 0. The zero-order valence-corrected chi connectivity index (χ0v) is 10.5. The zero-order chi connectivity index (χ0) is 13.2. The third-order valence-electron chi connectivity index (χ3n) is 3.01. The smallest absolute Gasteiger partial charge is 0.224 e. The first-order valence-electron chi connectivity index (χ1n) is 5.69. The summed E-state index contributed by atoms with van der Waals surface area (Å²) in [6, 6.07) is 6.16. The Morgan fingerprint density at radius 3 is 2.72 bits per heavy atom. The number of hydrogen-bond donors (Lipinski definition) is 1. The van der Waals surface area contributed by atoms with E-state index in [-0.39, 0.29) is 29.8 Å². The van der Waals surface area contributed by atoms with Gasteiger partial charge in [0.15, 0.2) is 9.84 Å². The molecule has 0 aromatic heterocycles. The van der Waals surface area contributed by atoms with E-state index in [1.165, 1.54) is 6.07 Å². The third kappa shape index (κ3) is 3.07. The van der Waals surface area contributed by atoms with Gasteiger partial charge in [-0.1, -0.05) is 18.2 Å². The molecule has 4 nitrogen and oxygen atoms in total. The number of rotatable bonds is 3. The topological polar surface area (TPSA) is 63.2 Å². The van der Waals surface area contributed by atoms with Crippen LogP contribution in [0.15, 0.2) is 24.3 Å². The fourth-order valence-electron chi connectivity index (χ4n) is 1.97. The van der Waals surface area contributed by atoms with Gasteiger partial charge in [-0.05, 0) is 12.5 Å². The maximum atomic E-state index is 13.3. The molecular weight excluding hydrogens is 257 g/mol. The number of sulfone groups is 1. The van der Waals surface area contributed by atoms with Crippen molar-refractivity contribution in [2.75, 3.05) is 11.5 Å². The van der Waals surface area contributed by atoms with Crippen LogP contribution in [0.25, 0.3) is 0 Å². The summed E-state index contributed by atoms with van der Waals surface area (Å²) in [5.41, 5.74) is 0.395. The van der Waals surface area contributed by atoms with Crippen LogP contribution in [0.3, 0.4) is 0 Å². The van der Waals surface area contributed by atoms with Crippen molar-refractivity contribution in [1.82, 2.24) is 5.32 Å². The molecule has 1 saturated heterocycles. The first-order valence-corrected chi connectivity index (χ1v) is 7.51. The fraction of sp³-hybridized carbons (Fsp3) is 0.417. The van der Waals surface area contributed by atoms with Crippen LogP contribution in [-0.4, -0.2) is 25.8 Å². The Morgan fingerprint density at radius 2 is 2.11 bits per heavy atom. The second-order valence-corrected chi connectivity index (χ2v) is 6.64. The monoisotopic (exact) mass is 271 g/mol. The van der Waals surface area contributed by atoms with Crippen molar-refractivity contribution in [1.29, 1.82) is 0 Å². The summed E-state index contributed by atoms with van der Waals surface area (Å²) in [6.45, 7) is 0.0854. The van der Waals surface area contributed by atoms with Gasteiger partial charge in [0.1, 0.15) is 5.82 Å². The van der Waals surface area contributed by atoms with Crippen LogP contribution < -0.4 is 5.32 Å². The highest BCUT2D eigenvalue weighted by Gasteiger charge is 2.32. The lowest BCUT2D eigenvalue weighted by atomic mass is 10.1. The molecule has 98 valence electrons. The Labute approximate surface area is 105 Å². The average Bonchev–Trinajstić information content (AvgIpc) is 2.68. The first-order chi connectivity index (χ1) is 8.48. The Bertz CT molecular complexity index is 556. The predicted octanol–water partition coefficient (Wildman–Crippen LogP) is 0.877. The molecule has 0 radical (unpaired) electrons. The van der Waals surface area contributed by atoms with Crippen molar-refractivity contribution in [3.05, 3.63) is 35.6 Å². The van der Waals surface area contributed by atoms with Gasteiger partial charge < -0.3 is 5.32 Å². The number of carbonyl (C=O) groups is 1. The summed E-state index contributed by atoms with van der Waals surface area (Å²) in [5.74, 6) is -1.24. The van der Waals surface area contributed by atoms with Crippen LogP contribution in [0.2, 0.25) is 0 Å². The number of nitrogens with one attached hydrogen (secondary N) is 1. The van der Waals surface area contributed by atoms with Gasteiger partial charge in [0.25, 0.3) is 0 Å². The molecule has 1 N–H and O–H groups in total. The fourth-order valence-corrected chi connectivity index (χ4v) is 3.71. The van der Waals surface area contributed by atoms with E-state index < -0.39 is 15.8 Å². The van der Waals surface area contributed by atoms with Gasteiger partial charge >= 0.3 is 0 Å². The summed E-state index contributed by atoms with van der Waals surface area (Å²) in [4.78, 5) is 11.7. The van der Waals surface area contributed by atoms with E-state index in [1.807, 2.05) is 0 Å². The standard InChI is InChI=1S/C12H14FNO3S/c13-11-4-2-1-3-9(11)7-14-12(15)10-5-6-18(16,17)8-10/h1-4,10H,5-8H2,(H,14,15). The number of benzene rings is 1. The van der Waals surface area contributed by atoms with Gasteiger partial charge in [-0.2, -0.15) is 0 Å². The average molecular weight is 271 g/mol.